The van der Waals surface area contributed by atoms with E-state index < -0.39 is 0 Å². The summed E-state index contributed by atoms with van der Waals surface area (Å²) in [5.41, 5.74) is 13.9. The molecule has 12 aromatic carbocycles. The third-order valence-corrected chi connectivity index (χ3v) is 15.4. The first-order valence-corrected chi connectivity index (χ1v) is 24.4. The molecule has 0 unspecified atom stereocenters. The highest BCUT2D eigenvalue weighted by molar-refractivity contribution is 7.25. The zero-order valence-electron chi connectivity index (χ0n) is 37.3. The van der Waals surface area contributed by atoms with E-state index in [-0.39, 0.29) is 0 Å². The molecule has 69 heavy (non-hydrogen) atoms. The lowest BCUT2D eigenvalue weighted by atomic mass is 10.0. The fourth-order valence-electron chi connectivity index (χ4n) is 11.4. The predicted octanol–water partition coefficient (Wildman–Crippen LogP) is 18.4. The molecule has 4 nitrogen and oxygen atoms in total. The molecule has 0 aliphatic heterocycles. The number of rotatable bonds is 8. The van der Waals surface area contributed by atoms with E-state index in [4.69, 9.17) is 0 Å². The van der Waals surface area contributed by atoms with Gasteiger partial charge in [-0.15, -0.1) is 11.3 Å². The molecule has 0 atom stereocenters. The zero-order chi connectivity index (χ0) is 45.2. The van der Waals surface area contributed by atoms with Crippen molar-refractivity contribution in [2.75, 3.05) is 9.80 Å². The van der Waals surface area contributed by atoms with Crippen molar-refractivity contribution >= 4 is 131 Å². The molecule has 3 aromatic heterocycles. The van der Waals surface area contributed by atoms with Gasteiger partial charge >= 0.3 is 0 Å². The number of thiophene rings is 1. The molecule has 0 saturated heterocycles. The molecule has 0 aliphatic carbocycles. The monoisotopic (exact) mass is 896 g/mol. The zero-order valence-corrected chi connectivity index (χ0v) is 38.1. The van der Waals surface area contributed by atoms with Gasteiger partial charge in [-0.2, -0.15) is 0 Å². The third kappa shape index (κ3) is 5.75. The molecule has 322 valence electrons. The van der Waals surface area contributed by atoms with Crippen LogP contribution >= 0.6 is 11.3 Å². The average Bonchev–Trinajstić information content (AvgIpc) is 4.07. The Labute approximate surface area is 401 Å². The van der Waals surface area contributed by atoms with E-state index in [0.717, 1.165) is 45.5 Å². The van der Waals surface area contributed by atoms with Gasteiger partial charge in [-0.05, 0) is 131 Å². The molecule has 0 spiro atoms. The smallest absolute Gasteiger partial charge is 0.0568 e. The molecule has 0 fully saturated rings. The van der Waals surface area contributed by atoms with Crippen LogP contribution in [0.15, 0.2) is 243 Å². The lowest BCUT2D eigenvalue weighted by molar-refractivity contribution is 1.18. The highest BCUT2D eigenvalue weighted by atomic mass is 32.1. The Kier molecular flexibility index (Phi) is 8.20. The van der Waals surface area contributed by atoms with Crippen LogP contribution in [0.1, 0.15) is 0 Å². The summed E-state index contributed by atoms with van der Waals surface area (Å²) in [5, 5.41) is 12.7. The van der Waals surface area contributed by atoms with Gasteiger partial charge in [0, 0.05) is 87.2 Å². The highest BCUT2D eigenvalue weighted by Crippen LogP contribution is 2.48. The quantitative estimate of drug-likeness (QED) is 0.141. The second kappa shape index (κ2) is 14.8. The number of anilines is 6. The Hall–Kier alpha value is -8.90. The van der Waals surface area contributed by atoms with Gasteiger partial charge < -0.3 is 18.9 Å². The minimum atomic E-state index is 1.11. The van der Waals surface area contributed by atoms with Crippen LogP contribution in [0.2, 0.25) is 0 Å². The Balaban J connectivity index is 0.898. The number of aromatic nitrogens is 2. The number of hydrogen-bond acceptors (Lipinski definition) is 3. The normalized spacial score (nSPS) is 12.1. The lowest BCUT2D eigenvalue weighted by Gasteiger charge is -2.26. The van der Waals surface area contributed by atoms with E-state index in [1.807, 2.05) is 11.3 Å². The number of para-hydroxylation sites is 4. The molecule has 0 radical (unpaired) electrons. The second-order valence-electron chi connectivity index (χ2n) is 18.2. The summed E-state index contributed by atoms with van der Waals surface area (Å²) in [6, 6.07) is 89.2. The van der Waals surface area contributed by atoms with Gasteiger partial charge in [0.05, 0.1) is 22.1 Å². The van der Waals surface area contributed by atoms with Gasteiger partial charge in [0.2, 0.25) is 0 Å². The van der Waals surface area contributed by atoms with Crippen LogP contribution in [0.4, 0.5) is 34.1 Å². The number of hydrogen-bond donors (Lipinski definition) is 0. The van der Waals surface area contributed by atoms with Crippen LogP contribution < -0.4 is 9.80 Å². The Morgan fingerprint density at radius 1 is 0.261 bits per heavy atom. The van der Waals surface area contributed by atoms with Crippen molar-refractivity contribution in [3.63, 3.8) is 0 Å². The van der Waals surface area contributed by atoms with E-state index in [0.29, 0.717) is 0 Å². The summed E-state index contributed by atoms with van der Waals surface area (Å²) in [7, 11) is 0. The molecule has 0 N–H and O–H groups in total. The molecule has 3 heterocycles. The van der Waals surface area contributed by atoms with Crippen molar-refractivity contribution < 1.29 is 0 Å². The van der Waals surface area contributed by atoms with Crippen LogP contribution in [0.25, 0.3) is 96.7 Å². The van der Waals surface area contributed by atoms with Crippen LogP contribution in [-0.4, -0.2) is 9.13 Å². The lowest BCUT2D eigenvalue weighted by Crippen LogP contribution is -2.10. The minimum Gasteiger partial charge on any atom is -0.310 e. The van der Waals surface area contributed by atoms with E-state index in [1.54, 1.807) is 0 Å². The summed E-state index contributed by atoms with van der Waals surface area (Å²) in [4.78, 5) is 4.85. The first-order chi connectivity index (χ1) is 34.2. The number of fused-ring (bicyclic) bond motifs is 3. The highest BCUT2D eigenvalue weighted by Gasteiger charge is 2.24. The maximum Gasteiger partial charge on any atom is 0.0568 e. The van der Waals surface area contributed by atoms with Crippen molar-refractivity contribution in [2.24, 2.45) is 0 Å². The van der Waals surface area contributed by atoms with E-state index >= 15 is 0 Å². The molecular weight excluding hydrogens is 857 g/mol. The summed E-state index contributed by atoms with van der Waals surface area (Å²) in [5.74, 6) is 0. The van der Waals surface area contributed by atoms with Crippen LogP contribution in [0.5, 0.6) is 0 Å². The summed E-state index contributed by atoms with van der Waals surface area (Å²) in [6.07, 6.45) is 0. The first kappa shape index (κ1) is 38.2. The van der Waals surface area contributed by atoms with Gasteiger partial charge in [-0.3, -0.25) is 0 Å². The van der Waals surface area contributed by atoms with Gasteiger partial charge in [0.15, 0.2) is 0 Å². The molecular formula is C64H40N4S. The number of benzene rings is 12. The van der Waals surface area contributed by atoms with Gasteiger partial charge in [0.25, 0.3) is 0 Å². The predicted molar refractivity (Wildman–Crippen MR) is 295 cm³/mol. The van der Waals surface area contributed by atoms with Crippen molar-refractivity contribution in [2.45, 2.75) is 0 Å². The number of nitrogens with zero attached hydrogens (tertiary/aromatic N) is 4. The van der Waals surface area contributed by atoms with Crippen LogP contribution in [0, 0.1) is 0 Å². The van der Waals surface area contributed by atoms with E-state index in [1.165, 1.54) is 85.3 Å². The average molecular weight is 897 g/mol. The summed E-state index contributed by atoms with van der Waals surface area (Å²) >= 11 is 1.86. The maximum absolute atomic E-state index is 2.44. The van der Waals surface area contributed by atoms with E-state index in [9.17, 15) is 0 Å². The first-order valence-electron chi connectivity index (χ1n) is 23.6. The van der Waals surface area contributed by atoms with Crippen molar-refractivity contribution in [1.82, 2.24) is 9.13 Å². The molecule has 5 heteroatoms. The molecule has 15 rings (SSSR count). The summed E-state index contributed by atoms with van der Waals surface area (Å²) in [6.45, 7) is 0. The minimum absolute atomic E-state index is 1.11. The second-order valence-corrected chi connectivity index (χ2v) is 19.2. The molecule has 15 aromatic rings. The topological polar surface area (TPSA) is 16.3 Å². The van der Waals surface area contributed by atoms with Crippen LogP contribution in [-0.2, 0) is 0 Å². The SMILES string of the molecule is c1ccc(N(c2ccc3c(c2)sc2cc(N(c4ccccc4)c4cc5ccc6cccc7c6c5c(c4)n7-c4ccccc4)ccc23)c2cc3ccc4cccc5c4c3c(c2)n5-c2ccccc2)cc1. The Morgan fingerprint density at radius 2 is 0.652 bits per heavy atom. The van der Waals surface area contributed by atoms with E-state index in [2.05, 4.69) is 262 Å². The fourth-order valence-corrected chi connectivity index (χ4v) is 12.6. The molecule has 0 bridgehead atoms. The van der Waals surface area contributed by atoms with Crippen LogP contribution in [0.3, 0.4) is 0 Å². The Morgan fingerprint density at radius 3 is 1.09 bits per heavy atom. The Bertz CT molecular complexity index is 4130. The summed E-state index contributed by atoms with van der Waals surface area (Å²) < 4.78 is 7.37. The molecule has 0 aliphatic rings. The van der Waals surface area contributed by atoms with Gasteiger partial charge in [-0.1, -0.05) is 133 Å². The van der Waals surface area contributed by atoms with Gasteiger partial charge in [-0.25, -0.2) is 0 Å². The van der Waals surface area contributed by atoms with Gasteiger partial charge in [0.1, 0.15) is 0 Å². The maximum atomic E-state index is 2.44. The molecule has 0 amide bonds. The largest absolute Gasteiger partial charge is 0.310 e. The van der Waals surface area contributed by atoms with Crippen molar-refractivity contribution in [1.29, 1.82) is 0 Å². The standard InChI is InChI=1S/C64H40N4S/c1-5-17-45(18-6-1)65(51-35-43-29-27-41-15-13-25-55-61(41)63(43)57(37-51)67(55)47-21-9-3-10-22-47)49-31-33-53-54-34-32-50(40-60(54)69-59(53)39-49)66(46-19-7-2-8-20-46)52-36-44-30-28-42-16-14-26-56-62(42)64(44)58(38-52)68(56)48-23-11-4-12-24-48/h1-40H. The van der Waals surface area contributed by atoms with Crippen molar-refractivity contribution in [3.05, 3.63) is 243 Å². The fraction of sp³-hybridized carbons (Fsp3) is 0. The van der Waals surface area contributed by atoms with Crippen molar-refractivity contribution in [3.8, 4) is 11.4 Å². The molecule has 0 saturated carbocycles. The third-order valence-electron chi connectivity index (χ3n) is 14.3.